The summed E-state index contributed by atoms with van der Waals surface area (Å²) in [6, 6.07) is 3.65. The molecule has 0 saturated carbocycles. The highest BCUT2D eigenvalue weighted by molar-refractivity contribution is 6.14. The number of hydrogen-bond acceptors (Lipinski definition) is 6. The molecule has 0 amide bonds. The predicted octanol–water partition coefficient (Wildman–Crippen LogP) is 0.441. The van der Waals surface area contributed by atoms with Crippen LogP contribution < -0.4 is 5.32 Å². The molecule has 2 heterocycles. The van der Waals surface area contributed by atoms with E-state index in [2.05, 4.69) is 30.9 Å². The summed E-state index contributed by atoms with van der Waals surface area (Å²) in [6.07, 6.45) is 2.89. The lowest BCUT2D eigenvalue weighted by atomic mass is 10.2. The van der Waals surface area contributed by atoms with Gasteiger partial charge in [-0.1, -0.05) is 6.07 Å². The molecule has 0 unspecified atom stereocenters. The first-order chi connectivity index (χ1) is 8.68. The Kier molecular flexibility index (Phi) is 3.28. The van der Waals surface area contributed by atoms with Crippen LogP contribution in [0.4, 0.5) is 5.82 Å². The highest BCUT2D eigenvalue weighted by Crippen LogP contribution is 2.12. The van der Waals surface area contributed by atoms with Gasteiger partial charge in [0.1, 0.15) is 11.4 Å². The van der Waals surface area contributed by atoms with E-state index < -0.39 is 5.97 Å². The molecule has 0 bridgehead atoms. The Morgan fingerprint density at radius 1 is 1.56 bits per heavy atom. The van der Waals surface area contributed by atoms with E-state index in [1.165, 1.54) is 6.20 Å². The second-order valence-corrected chi connectivity index (χ2v) is 3.41. The van der Waals surface area contributed by atoms with Crippen LogP contribution in [-0.2, 0) is 4.79 Å². The van der Waals surface area contributed by atoms with E-state index in [9.17, 15) is 4.79 Å². The molecule has 0 spiro atoms. The van der Waals surface area contributed by atoms with Gasteiger partial charge in [0.25, 0.3) is 0 Å². The Hall–Kier alpha value is -2.77. The van der Waals surface area contributed by atoms with Crippen molar-refractivity contribution < 1.29 is 9.90 Å². The number of aliphatic carboxylic acids is 1. The van der Waals surface area contributed by atoms with Gasteiger partial charge in [-0.3, -0.25) is 0 Å². The fourth-order valence-electron chi connectivity index (χ4n) is 1.28. The summed E-state index contributed by atoms with van der Waals surface area (Å²) in [5.41, 5.74) is 0.792. The highest BCUT2D eigenvalue weighted by Gasteiger charge is 2.14. The number of anilines is 1. The van der Waals surface area contributed by atoms with Crippen molar-refractivity contribution in [2.24, 2.45) is 0 Å². The maximum absolute atomic E-state index is 11.1. The number of rotatable bonds is 4. The number of carboxylic acids is 1. The van der Waals surface area contributed by atoms with E-state index in [1.807, 2.05) is 13.0 Å². The van der Waals surface area contributed by atoms with Crippen LogP contribution in [0.15, 0.2) is 24.5 Å². The van der Waals surface area contributed by atoms with E-state index in [4.69, 9.17) is 5.11 Å². The number of hydrogen-bond donors (Lipinski definition) is 3. The summed E-state index contributed by atoms with van der Waals surface area (Å²) in [7, 11) is 0. The van der Waals surface area contributed by atoms with E-state index in [0.717, 1.165) is 5.56 Å². The molecular formula is C10H10N6O2. The number of carbonyl (C=O) groups is 1. The van der Waals surface area contributed by atoms with E-state index >= 15 is 0 Å². The first-order valence-corrected chi connectivity index (χ1v) is 5.04. The number of aromatic nitrogens is 5. The summed E-state index contributed by atoms with van der Waals surface area (Å²) in [5, 5.41) is 24.6. The second-order valence-electron chi connectivity index (χ2n) is 3.41. The quantitative estimate of drug-likeness (QED) is 0.670. The molecule has 0 aliphatic carbocycles. The minimum Gasteiger partial charge on any atom is -0.477 e. The molecule has 0 aromatic carbocycles. The van der Waals surface area contributed by atoms with Gasteiger partial charge in [-0.2, -0.15) is 5.21 Å². The van der Waals surface area contributed by atoms with Gasteiger partial charge in [-0.25, -0.2) is 9.78 Å². The van der Waals surface area contributed by atoms with E-state index in [1.54, 1.807) is 12.3 Å². The molecule has 18 heavy (non-hydrogen) atoms. The van der Waals surface area contributed by atoms with Gasteiger partial charge in [-0.15, -0.1) is 10.2 Å². The van der Waals surface area contributed by atoms with Crippen molar-refractivity contribution in [2.75, 3.05) is 5.32 Å². The molecule has 0 aliphatic heterocycles. The molecule has 0 radical (unpaired) electrons. The third-order valence-electron chi connectivity index (χ3n) is 2.18. The topological polar surface area (TPSA) is 117 Å². The predicted molar refractivity (Wildman–Crippen MR) is 62.4 cm³/mol. The van der Waals surface area contributed by atoms with Gasteiger partial charge < -0.3 is 10.4 Å². The number of nitrogens with one attached hydrogen (secondary N) is 2. The van der Waals surface area contributed by atoms with Crippen LogP contribution in [0.2, 0.25) is 0 Å². The molecule has 2 rings (SSSR count). The van der Waals surface area contributed by atoms with Crippen LogP contribution in [0.3, 0.4) is 0 Å². The fraction of sp³-hybridized carbons (Fsp3) is 0.100. The first-order valence-electron chi connectivity index (χ1n) is 5.04. The SMILES string of the molecule is Cc1cccnc1N/C=C(/C(=O)O)c1nn[nH]n1. The van der Waals surface area contributed by atoms with Crippen LogP contribution in [-0.4, -0.2) is 36.7 Å². The van der Waals surface area contributed by atoms with Gasteiger partial charge >= 0.3 is 5.97 Å². The number of H-pyrrole nitrogens is 1. The molecule has 8 nitrogen and oxygen atoms in total. The summed E-state index contributed by atoms with van der Waals surface area (Å²) in [4.78, 5) is 15.1. The standard InChI is InChI=1S/C10H10N6O2/c1-6-3-2-4-11-8(6)12-5-7(10(17)18)9-13-15-16-14-9/h2-5H,1H3,(H,11,12)(H,17,18)(H,13,14,15,16)/b7-5+. The maximum atomic E-state index is 11.1. The maximum Gasteiger partial charge on any atom is 0.341 e. The van der Waals surface area contributed by atoms with Gasteiger partial charge in [0.2, 0.25) is 5.82 Å². The molecule has 0 fully saturated rings. The molecule has 0 saturated heterocycles. The largest absolute Gasteiger partial charge is 0.477 e. The van der Waals surface area contributed by atoms with Gasteiger partial charge in [0.05, 0.1) is 0 Å². The van der Waals surface area contributed by atoms with Gasteiger partial charge in [-0.05, 0) is 23.8 Å². The third-order valence-corrected chi connectivity index (χ3v) is 2.18. The van der Waals surface area contributed by atoms with Crippen LogP contribution >= 0.6 is 0 Å². The second kappa shape index (κ2) is 5.04. The summed E-state index contributed by atoms with van der Waals surface area (Å²) in [6.45, 7) is 1.86. The first kappa shape index (κ1) is 11.7. The van der Waals surface area contributed by atoms with E-state index in [0.29, 0.717) is 5.82 Å². The molecule has 3 N–H and O–H groups in total. The molecule has 0 atom stereocenters. The highest BCUT2D eigenvalue weighted by atomic mass is 16.4. The zero-order valence-electron chi connectivity index (χ0n) is 9.45. The molecule has 92 valence electrons. The third kappa shape index (κ3) is 2.48. The molecule has 2 aromatic heterocycles. The smallest absolute Gasteiger partial charge is 0.341 e. The lowest BCUT2D eigenvalue weighted by molar-refractivity contribution is -0.130. The minimum absolute atomic E-state index is 0.00332. The average Bonchev–Trinajstić information content (AvgIpc) is 2.85. The number of pyridine rings is 1. The normalized spacial score (nSPS) is 11.3. The van der Waals surface area contributed by atoms with Crippen molar-refractivity contribution in [3.05, 3.63) is 35.9 Å². The van der Waals surface area contributed by atoms with Crippen molar-refractivity contribution in [2.45, 2.75) is 6.92 Å². The molecular weight excluding hydrogens is 236 g/mol. The van der Waals surface area contributed by atoms with Gasteiger partial charge in [0.15, 0.2) is 0 Å². The fourth-order valence-corrected chi connectivity index (χ4v) is 1.28. The van der Waals surface area contributed by atoms with Crippen molar-refractivity contribution in [1.29, 1.82) is 0 Å². The minimum atomic E-state index is -1.16. The monoisotopic (exact) mass is 246 g/mol. The van der Waals surface area contributed by atoms with Crippen molar-refractivity contribution in [1.82, 2.24) is 25.6 Å². The molecule has 8 heteroatoms. The average molecular weight is 246 g/mol. The van der Waals surface area contributed by atoms with Crippen molar-refractivity contribution >= 4 is 17.4 Å². The Morgan fingerprint density at radius 2 is 2.39 bits per heavy atom. The number of aryl methyl sites for hydroxylation is 1. The number of nitrogens with zero attached hydrogens (tertiary/aromatic N) is 4. The lowest BCUT2D eigenvalue weighted by Gasteiger charge is -2.04. The molecule has 2 aromatic rings. The lowest BCUT2D eigenvalue weighted by Crippen LogP contribution is -2.05. The Morgan fingerprint density at radius 3 is 3.00 bits per heavy atom. The Bertz CT molecular complexity index is 578. The number of aromatic amines is 1. The zero-order valence-corrected chi connectivity index (χ0v) is 9.45. The van der Waals surface area contributed by atoms with Crippen LogP contribution in [0, 0.1) is 6.92 Å². The van der Waals surface area contributed by atoms with Crippen LogP contribution in [0.5, 0.6) is 0 Å². The Labute approximate surface area is 102 Å². The van der Waals surface area contributed by atoms with Crippen molar-refractivity contribution in [3.63, 3.8) is 0 Å². The van der Waals surface area contributed by atoms with E-state index in [-0.39, 0.29) is 11.4 Å². The van der Waals surface area contributed by atoms with Crippen LogP contribution in [0.1, 0.15) is 11.4 Å². The molecule has 0 aliphatic rings. The number of carboxylic acid groups (broad SMARTS) is 1. The van der Waals surface area contributed by atoms with Gasteiger partial charge in [0, 0.05) is 12.4 Å². The van der Waals surface area contributed by atoms with Crippen LogP contribution in [0.25, 0.3) is 5.57 Å². The summed E-state index contributed by atoms with van der Waals surface area (Å²) < 4.78 is 0. The van der Waals surface area contributed by atoms with Crippen molar-refractivity contribution in [3.8, 4) is 0 Å². The zero-order chi connectivity index (χ0) is 13.0. The summed E-state index contributed by atoms with van der Waals surface area (Å²) >= 11 is 0. The number of tetrazole rings is 1. The summed E-state index contributed by atoms with van der Waals surface area (Å²) in [5.74, 6) is -0.583. The Balaban J connectivity index is 2.26.